The fourth-order valence-corrected chi connectivity index (χ4v) is 8.81. The molecule has 3 unspecified atom stereocenters. The van der Waals surface area contributed by atoms with Gasteiger partial charge in [-0.05, 0) is 79.6 Å². The van der Waals surface area contributed by atoms with Gasteiger partial charge in [0.05, 0.1) is 25.0 Å². The van der Waals surface area contributed by atoms with Gasteiger partial charge in [0.25, 0.3) is 0 Å². The van der Waals surface area contributed by atoms with Crippen molar-refractivity contribution < 1.29 is 28.4 Å². The number of allylic oxidation sites excluding steroid dienone is 4. The van der Waals surface area contributed by atoms with Crippen molar-refractivity contribution in [2.45, 2.75) is 94.0 Å². The molecule has 318 valence electrons. The first-order valence-electron chi connectivity index (χ1n) is 21.4. The molecule has 0 bridgehead atoms. The first-order valence-corrected chi connectivity index (χ1v) is 21.4. The minimum absolute atomic E-state index is 0.0162. The zero-order valence-electron chi connectivity index (χ0n) is 34.0. The number of fused-ring (bicyclic) bond motifs is 1. The van der Waals surface area contributed by atoms with Gasteiger partial charge in [-0.3, -0.25) is 28.9 Å². The van der Waals surface area contributed by atoms with Crippen LogP contribution in [0.4, 0.5) is 4.39 Å². The highest BCUT2D eigenvalue weighted by molar-refractivity contribution is 5.96. The van der Waals surface area contributed by atoms with Crippen LogP contribution in [0.1, 0.15) is 56.1 Å². The first kappa shape index (κ1) is 42.5. The van der Waals surface area contributed by atoms with Gasteiger partial charge in [-0.15, -0.1) is 0 Å². The lowest BCUT2D eigenvalue weighted by Crippen LogP contribution is -2.59. The average molecular weight is 821 g/mol. The van der Waals surface area contributed by atoms with E-state index < -0.39 is 60.0 Å². The summed E-state index contributed by atoms with van der Waals surface area (Å²) in [5, 5.41) is 17.8. The van der Waals surface area contributed by atoms with Crippen LogP contribution in [0.25, 0.3) is 0 Å². The third kappa shape index (κ3) is 11.8. The minimum atomic E-state index is -1.24. The maximum absolute atomic E-state index is 14.4. The molecule has 6 N–H and O–H groups in total. The fraction of sp³-hybridized carbons (Fsp3) is 0.457. The van der Waals surface area contributed by atoms with E-state index in [-0.39, 0.29) is 37.9 Å². The van der Waals surface area contributed by atoms with Crippen molar-refractivity contribution >= 4 is 29.5 Å². The van der Waals surface area contributed by atoms with Gasteiger partial charge < -0.3 is 36.8 Å². The largest absolute Gasteiger partial charge is 0.380 e. The number of likely N-dealkylation sites (tertiary alicyclic amines) is 2. The van der Waals surface area contributed by atoms with Gasteiger partial charge in [-0.1, -0.05) is 79.3 Å². The predicted octanol–water partition coefficient (Wildman–Crippen LogP) is 2.32. The van der Waals surface area contributed by atoms with Crippen molar-refractivity contribution in [3.8, 4) is 0 Å². The van der Waals surface area contributed by atoms with Crippen molar-refractivity contribution in [1.82, 2.24) is 41.7 Å². The standard InChI is InChI=1S/C46H57FN8O5/c47-34-16-14-32(15-17-34)25-39-45(59)50-35(24-31-10-4-1-5-11-31)29-49-44(58)41(52-43(57)30-54-22-18-36(19-23-54)55-20-8-3-9-21-55)27-42(56)51-40(46(60)53-39)26-33-28-48-38-13-7-2-6-12-37(33)38/h1-2,4-7,10-17,28,35-36,38-41,48H,3,8-9,18-27,29-30H2,(H,49,58)(H,50,59)(H,51,56)(H,52,57)(H,53,60)/t35-,38?,39-,40?,41?/m1/s1. The van der Waals surface area contributed by atoms with E-state index >= 15 is 0 Å². The summed E-state index contributed by atoms with van der Waals surface area (Å²) in [5.74, 6) is -3.12. The second-order valence-electron chi connectivity index (χ2n) is 16.5. The van der Waals surface area contributed by atoms with Crippen LogP contribution < -0.4 is 31.9 Å². The summed E-state index contributed by atoms with van der Waals surface area (Å²) in [6.07, 6.45) is 17.2. The van der Waals surface area contributed by atoms with E-state index in [1.807, 2.05) is 66.9 Å². The minimum Gasteiger partial charge on any atom is -0.380 e. The van der Waals surface area contributed by atoms with E-state index in [0.29, 0.717) is 18.0 Å². The average Bonchev–Trinajstić information content (AvgIpc) is 3.46. The van der Waals surface area contributed by atoms with Crippen molar-refractivity contribution in [1.29, 1.82) is 0 Å². The van der Waals surface area contributed by atoms with Gasteiger partial charge in [0.1, 0.15) is 23.9 Å². The molecule has 14 heteroatoms. The number of benzene rings is 2. The van der Waals surface area contributed by atoms with Crippen LogP contribution in [0, 0.1) is 5.82 Å². The highest BCUT2D eigenvalue weighted by Crippen LogP contribution is 2.27. The van der Waals surface area contributed by atoms with Crippen LogP contribution in [0.3, 0.4) is 0 Å². The quantitative estimate of drug-likeness (QED) is 0.213. The molecule has 13 nitrogen and oxygen atoms in total. The number of hydrogen-bond donors (Lipinski definition) is 6. The number of rotatable bonds is 10. The molecule has 3 saturated heterocycles. The lowest BCUT2D eigenvalue weighted by molar-refractivity contribution is -0.135. The molecule has 2 aromatic carbocycles. The van der Waals surface area contributed by atoms with Gasteiger partial charge >= 0.3 is 0 Å². The van der Waals surface area contributed by atoms with Crippen LogP contribution in [0.15, 0.2) is 102 Å². The number of piperidine rings is 2. The molecule has 5 amide bonds. The number of carbonyl (C=O) groups is 5. The Balaban J connectivity index is 1.11. The van der Waals surface area contributed by atoms with Gasteiger partial charge in [-0.2, -0.15) is 0 Å². The molecule has 0 radical (unpaired) electrons. The zero-order chi connectivity index (χ0) is 41.8. The second kappa shape index (κ2) is 20.6. The number of amides is 5. The Morgan fingerprint density at radius 2 is 1.47 bits per heavy atom. The highest BCUT2D eigenvalue weighted by atomic mass is 19.1. The second-order valence-corrected chi connectivity index (χ2v) is 16.5. The Kier molecular flexibility index (Phi) is 14.6. The van der Waals surface area contributed by atoms with Crippen LogP contribution in [-0.2, 0) is 36.8 Å². The SMILES string of the molecule is O=C(CN1CCC(N2CCCCC2)CC1)NC1CC(=O)NC(CC2=CNC3C=CC=CC=C23)C(=O)N[C@H](Cc2ccc(F)cc2)C(=O)N[C@H](Cc2ccccc2)CNC1=O. The summed E-state index contributed by atoms with van der Waals surface area (Å²) in [4.78, 5) is 74.9. The van der Waals surface area contributed by atoms with E-state index in [4.69, 9.17) is 0 Å². The molecule has 60 heavy (non-hydrogen) atoms. The number of nitrogens with zero attached hydrogens (tertiary/aromatic N) is 2. The molecule has 4 heterocycles. The molecule has 3 fully saturated rings. The van der Waals surface area contributed by atoms with Gasteiger partial charge in [-0.25, -0.2) is 4.39 Å². The zero-order valence-corrected chi connectivity index (χ0v) is 34.0. The Hall–Kier alpha value is -5.60. The molecule has 7 rings (SSSR count). The summed E-state index contributed by atoms with van der Waals surface area (Å²) >= 11 is 0. The summed E-state index contributed by atoms with van der Waals surface area (Å²) < 4.78 is 13.9. The van der Waals surface area contributed by atoms with Crippen LogP contribution in [0.5, 0.6) is 0 Å². The normalized spacial score (nSPS) is 26.2. The molecule has 1 aliphatic carbocycles. The van der Waals surface area contributed by atoms with Crippen LogP contribution in [0.2, 0.25) is 0 Å². The van der Waals surface area contributed by atoms with Crippen molar-refractivity contribution in [2.75, 3.05) is 39.3 Å². The van der Waals surface area contributed by atoms with Gasteiger partial charge in [0.2, 0.25) is 29.5 Å². The maximum atomic E-state index is 14.4. The van der Waals surface area contributed by atoms with E-state index in [2.05, 4.69) is 41.7 Å². The van der Waals surface area contributed by atoms with Gasteiger partial charge in [0.15, 0.2) is 0 Å². The molecule has 2 aromatic rings. The van der Waals surface area contributed by atoms with Crippen molar-refractivity contribution in [2.24, 2.45) is 0 Å². The summed E-state index contributed by atoms with van der Waals surface area (Å²) in [6, 6.07) is 11.4. The molecule has 5 aliphatic rings. The monoisotopic (exact) mass is 820 g/mol. The third-order valence-electron chi connectivity index (χ3n) is 12.1. The molecular formula is C46H57FN8O5. The molecular weight excluding hydrogens is 764 g/mol. The Morgan fingerprint density at radius 3 is 2.23 bits per heavy atom. The van der Waals surface area contributed by atoms with Crippen molar-refractivity contribution in [3.05, 3.63) is 119 Å². The molecule has 0 aromatic heterocycles. The number of hydrogen-bond acceptors (Lipinski definition) is 8. The van der Waals surface area contributed by atoms with E-state index in [0.717, 1.165) is 55.7 Å². The number of nitrogens with one attached hydrogen (secondary N) is 6. The summed E-state index contributed by atoms with van der Waals surface area (Å²) in [5.41, 5.74) is 3.23. The molecule has 0 spiro atoms. The van der Waals surface area contributed by atoms with Crippen molar-refractivity contribution in [3.63, 3.8) is 0 Å². The molecule has 4 aliphatic heterocycles. The van der Waals surface area contributed by atoms with E-state index in [1.165, 1.54) is 31.4 Å². The van der Waals surface area contributed by atoms with Crippen LogP contribution in [-0.4, -0.2) is 115 Å². The number of carbonyl (C=O) groups excluding carboxylic acids is 5. The smallest absolute Gasteiger partial charge is 0.243 e. The van der Waals surface area contributed by atoms with Crippen LogP contribution >= 0.6 is 0 Å². The van der Waals surface area contributed by atoms with E-state index in [9.17, 15) is 28.4 Å². The molecule has 0 saturated carbocycles. The summed E-state index contributed by atoms with van der Waals surface area (Å²) in [6.45, 7) is 3.85. The Morgan fingerprint density at radius 1 is 0.750 bits per heavy atom. The predicted molar refractivity (Wildman–Crippen MR) is 226 cm³/mol. The summed E-state index contributed by atoms with van der Waals surface area (Å²) in [7, 11) is 0. The maximum Gasteiger partial charge on any atom is 0.243 e. The molecule has 5 atom stereocenters. The lowest BCUT2D eigenvalue weighted by atomic mass is 9.95. The topological polar surface area (TPSA) is 164 Å². The number of halogens is 1. The third-order valence-corrected chi connectivity index (χ3v) is 12.1. The fourth-order valence-electron chi connectivity index (χ4n) is 8.81. The lowest BCUT2D eigenvalue weighted by Gasteiger charge is -2.40. The van der Waals surface area contributed by atoms with E-state index in [1.54, 1.807) is 12.1 Å². The Labute approximate surface area is 351 Å². The highest BCUT2D eigenvalue weighted by Gasteiger charge is 2.34. The van der Waals surface area contributed by atoms with Gasteiger partial charge in [0, 0.05) is 44.7 Å². The Bertz CT molecular complexity index is 1970. The first-order chi connectivity index (χ1) is 29.2.